The Morgan fingerprint density at radius 3 is 2.72 bits per heavy atom. The van der Waals surface area contributed by atoms with Crippen LogP contribution in [0.1, 0.15) is 19.6 Å². The average molecular weight is 329 g/mol. The first-order valence-electron chi connectivity index (χ1n) is 5.84. The highest BCUT2D eigenvalue weighted by molar-refractivity contribution is 9.10. The van der Waals surface area contributed by atoms with Crippen LogP contribution in [0.15, 0.2) is 39.2 Å². The topological polar surface area (TPSA) is 25.2 Å². The van der Waals surface area contributed by atoms with E-state index < -0.39 is 0 Å². The van der Waals surface area contributed by atoms with Crippen molar-refractivity contribution in [2.75, 3.05) is 0 Å². The van der Waals surface area contributed by atoms with E-state index in [1.54, 1.807) is 0 Å². The number of nitrogens with one attached hydrogen (secondary N) is 1. The van der Waals surface area contributed by atoms with Crippen molar-refractivity contribution in [3.63, 3.8) is 0 Å². The van der Waals surface area contributed by atoms with Gasteiger partial charge in [0.2, 0.25) is 0 Å². The molecule has 0 spiro atoms. The minimum atomic E-state index is 0.445. The van der Waals surface area contributed by atoms with Crippen LogP contribution < -0.4 is 5.32 Å². The lowest BCUT2D eigenvalue weighted by Gasteiger charge is -2.05. The molecular weight excluding hydrogens is 314 g/mol. The quantitative estimate of drug-likeness (QED) is 0.867. The Morgan fingerprint density at radius 1 is 1.28 bits per heavy atom. The van der Waals surface area contributed by atoms with E-state index in [0.717, 1.165) is 28.1 Å². The molecule has 2 aromatic rings. The van der Waals surface area contributed by atoms with E-state index in [4.69, 9.17) is 16.0 Å². The summed E-state index contributed by atoms with van der Waals surface area (Å²) in [6.07, 6.45) is 0. The van der Waals surface area contributed by atoms with Gasteiger partial charge < -0.3 is 9.73 Å². The smallest absolute Gasteiger partial charge is 0.134 e. The highest BCUT2D eigenvalue weighted by atomic mass is 79.9. The monoisotopic (exact) mass is 327 g/mol. The number of halogens is 2. The summed E-state index contributed by atoms with van der Waals surface area (Å²) in [5.41, 5.74) is 0.985. The molecule has 0 bridgehead atoms. The molecule has 1 aromatic carbocycles. The number of benzene rings is 1. The van der Waals surface area contributed by atoms with Gasteiger partial charge in [-0.1, -0.05) is 31.5 Å². The Labute approximate surface area is 120 Å². The van der Waals surface area contributed by atoms with Gasteiger partial charge in [-0.3, -0.25) is 0 Å². The molecule has 2 nitrogen and oxygen atoms in total. The largest absolute Gasteiger partial charge is 0.460 e. The fraction of sp³-hybridized carbons (Fsp3) is 0.286. The van der Waals surface area contributed by atoms with E-state index in [1.165, 1.54) is 0 Å². The van der Waals surface area contributed by atoms with Crippen LogP contribution in [0.3, 0.4) is 0 Å². The van der Waals surface area contributed by atoms with Gasteiger partial charge in [0, 0.05) is 16.1 Å². The van der Waals surface area contributed by atoms with Gasteiger partial charge in [-0.2, -0.15) is 0 Å². The summed E-state index contributed by atoms with van der Waals surface area (Å²) in [6.45, 7) is 4.96. The summed E-state index contributed by atoms with van der Waals surface area (Å²) in [5.74, 6) is 1.77. The van der Waals surface area contributed by atoms with Gasteiger partial charge >= 0.3 is 0 Å². The summed E-state index contributed by atoms with van der Waals surface area (Å²) in [7, 11) is 0. The highest BCUT2D eigenvalue weighted by Gasteiger charge is 2.07. The number of rotatable bonds is 4. The third-order valence-corrected chi connectivity index (χ3v) is 3.78. The van der Waals surface area contributed by atoms with Crippen molar-refractivity contribution in [3.05, 3.63) is 45.6 Å². The van der Waals surface area contributed by atoms with Crippen LogP contribution in [0.4, 0.5) is 0 Å². The molecule has 0 amide bonds. The minimum absolute atomic E-state index is 0.445. The predicted molar refractivity (Wildman–Crippen MR) is 78.8 cm³/mol. The van der Waals surface area contributed by atoms with Crippen LogP contribution in [0.25, 0.3) is 11.3 Å². The molecule has 0 atom stereocenters. The van der Waals surface area contributed by atoms with Gasteiger partial charge in [-0.05, 0) is 40.2 Å². The van der Waals surface area contributed by atoms with Crippen molar-refractivity contribution in [1.82, 2.24) is 5.32 Å². The number of hydrogen-bond acceptors (Lipinski definition) is 2. The van der Waals surface area contributed by atoms with E-state index in [-0.39, 0.29) is 0 Å². The molecular formula is C14H15BrClNO. The molecule has 2 rings (SSSR count). The van der Waals surface area contributed by atoms with E-state index in [1.807, 2.05) is 30.3 Å². The summed E-state index contributed by atoms with van der Waals surface area (Å²) in [6, 6.07) is 10.2. The molecule has 1 aromatic heterocycles. The normalized spacial score (nSPS) is 11.2. The maximum atomic E-state index is 6.07. The average Bonchev–Trinajstić information content (AvgIpc) is 2.79. The van der Waals surface area contributed by atoms with E-state index in [0.29, 0.717) is 11.1 Å². The van der Waals surface area contributed by atoms with Gasteiger partial charge in [0.15, 0.2) is 0 Å². The Balaban J connectivity index is 2.16. The molecule has 96 valence electrons. The molecule has 0 aliphatic rings. The number of hydrogen-bond donors (Lipinski definition) is 1. The minimum Gasteiger partial charge on any atom is -0.460 e. The molecule has 4 heteroatoms. The Bertz CT molecular complexity index is 536. The first-order valence-corrected chi connectivity index (χ1v) is 7.01. The SMILES string of the molecule is CC(C)NCc1ccc(-c2ccc(Br)c(Cl)c2)o1. The van der Waals surface area contributed by atoms with Crippen molar-refractivity contribution >= 4 is 27.5 Å². The van der Waals surface area contributed by atoms with Crippen LogP contribution in [0.5, 0.6) is 0 Å². The Kier molecular flexibility index (Phi) is 4.49. The van der Waals surface area contributed by atoms with E-state index in [2.05, 4.69) is 35.1 Å². The summed E-state index contributed by atoms with van der Waals surface area (Å²) >= 11 is 9.45. The van der Waals surface area contributed by atoms with E-state index in [9.17, 15) is 0 Å². The maximum absolute atomic E-state index is 6.07. The van der Waals surface area contributed by atoms with E-state index >= 15 is 0 Å². The molecule has 0 unspecified atom stereocenters. The first-order chi connectivity index (χ1) is 8.56. The van der Waals surface area contributed by atoms with Gasteiger partial charge in [0.05, 0.1) is 11.6 Å². The molecule has 0 aliphatic carbocycles. The third-order valence-electron chi connectivity index (χ3n) is 2.55. The third kappa shape index (κ3) is 3.37. The molecule has 1 N–H and O–H groups in total. The molecule has 0 saturated heterocycles. The lowest BCUT2D eigenvalue weighted by atomic mass is 10.2. The second-order valence-corrected chi connectivity index (χ2v) is 5.69. The second-order valence-electron chi connectivity index (χ2n) is 4.43. The molecule has 0 fully saturated rings. The van der Waals surface area contributed by atoms with Crippen molar-refractivity contribution in [2.24, 2.45) is 0 Å². The fourth-order valence-corrected chi connectivity index (χ4v) is 2.01. The first kappa shape index (κ1) is 13.7. The maximum Gasteiger partial charge on any atom is 0.134 e. The molecule has 1 heterocycles. The van der Waals surface area contributed by atoms with Gasteiger partial charge in [0.25, 0.3) is 0 Å². The Hall–Kier alpha value is -0.770. The molecule has 18 heavy (non-hydrogen) atoms. The zero-order chi connectivity index (χ0) is 13.1. The van der Waals surface area contributed by atoms with Gasteiger partial charge in [-0.15, -0.1) is 0 Å². The fourth-order valence-electron chi connectivity index (χ4n) is 1.58. The van der Waals surface area contributed by atoms with Crippen LogP contribution in [-0.4, -0.2) is 6.04 Å². The van der Waals surface area contributed by atoms with Crippen molar-refractivity contribution in [3.8, 4) is 11.3 Å². The van der Waals surface area contributed by atoms with Gasteiger partial charge in [-0.25, -0.2) is 0 Å². The number of furan rings is 1. The highest BCUT2D eigenvalue weighted by Crippen LogP contribution is 2.29. The Morgan fingerprint density at radius 2 is 2.06 bits per heavy atom. The standard InChI is InChI=1S/C14H15BrClNO/c1-9(2)17-8-11-4-6-14(18-11)10-3-5-12(15)13(16)7-10/h3-7,9,17H,8H2,1-2H3. The zero-order valence-electron chi connectivity index (χ0n) is 10.3. The van der Waals surface area contributed by atoms with Crippen molar-refractivity contribution < 1.29 is 4.42 Å². The van der Waals surface area contributed by atoms with Crippen molar-refractivity contribution in [2.45, 2.75) is 26.4 Å². The molecule has 0 aliphatic heterocycles. The second kappa shape index (κ2) is 5.91. The summed E-state index contributed by atoms with van der Waals surface area (Å²) in [4.78, 5) is 0. The van der Waals surface area contributed by atoms with Crippen molar-refractivity contribution in [1.29, 1.82) is 0 Å². The van der Waals surface area contributed by atoms with Crippen LogP contribution in [0, 0.1) is 0 Å². The van der Waals surface area contributed by atoms with Crippen LogP contribution in [-0.2, 0) is 6.54 Å². The summed E-state index contributed by atoms with van der Waals surface area (Å²) < 4.78 is 6.67. The summed E-state index contributed by atoms with van der Waals surface area (Å²) in [5, 5.41) is 4.01. The lowest BCUT2D eigenvalue weighted by Crippen LogP contribution is -2.21. The van der Waals surface area contributed by atoms with Gasteiger partial charge in [0.1, 0.15) is 11.5 Å². The lowest BCUT2D eigenvalue weighted by molar-refractivity contribution is 0.473. The zero-order valence-corrected chi connectivity index (χ0v) is 12.7. The van der Waals surface area contributed by atoms with Crippen LogP contribution in [0.2, 0.25) is 5.02 Å². The van der Waals surface area contributed by atoms with Crippen LogP contribution >= 0.6 is 27.5 Å². The molecule has 0 radical (unpaired) electrons. The predicted octanol–water partition coefficient (Wildman–Crippen LogP) is 4.86. The molecule has 0 saturated carbocycles.